The first kappa shape index (κ1) is 8.98. The Bertz CT molecular complexity index is 228. The summed E-state index contributed by atoms with van der Waals surface area (Å²) in [5.74, 6) is 0. The van der Waals surface area contributed by atoms with E-state index in [-0.39, 0.29) is 0 Å². The zero-order valence-electron chi connectivity index (χ0n) is 7.04. The van der Waals surface area contributed by atoms with Gasteiger partial charge >= 0.3 is 0 Å². The largest absolute Gasteiger partial charge is 0.247 e. The third-order valence-electron chi connectivity index (χ3n) is 1.72. The minimum Gasteiger partial charge on any atom is -0.247 e. The molecule has 1 rings (SSSR count). The summed E-state index contributed by atoms with van der Waals surface area (Å²) in [4.78, 5) is 0. The normalized spacial score (nSPS) is 12.4. The van der Waals surface area contributed by atoms with Crippen molar-refractivity contribution < 1.29 is 4.39 Å². The maximum atomic E-state index is 13.0. The van der Waals surface area contributed by atoms with Crippen LogP contribution in [0.4, 0.5) is 4.39 Å². The Morgan fingerprint density at radius 1 is 1.33 bits per heavy atom. The number of allylic oxidation sites excluding steroid dienone is 1. The van der Waals surface area contributed by atoms with E-state index in [2.05, 4.69) is 6.58 Å². The average Bonchev–Trinajstić information content (AvgIpc) is 2.06. The number of halogens is 1. The first-order valence-electron chi connectivity index (χ1n) is 4.12. The zero-order valence-corrected chi connectivity index (χ0v) is 7.04. The van der Waals surface area contributed by atoms with Crippen LogP contribution in [0.15, 0.2) is 43.0 Å². The van der Waals surface area contributed by atoms with Crippen molar-refractivity contribution in [2.75, 3.05) is 0 Å². The van der Waals surface area contributed by atoms with Gasteiger partial charge in [0.1, 0.15) is 6.17 Å². The molecule has 0 radical (unpaired) electrons. The van der Waals surface area contributed by atoms with Crippen molar-refractivity contribution in [1.29, 1.82) is 0 Å². The van der Waals surface area contributed by atoms with Gasteiger partial charge in [0.25, 0.3) is 0 Å². The highest BCUT2D eigenvalue weighted by atomic mass is 19.1. The van der Waals surface area contributed by atoms with Crippen molar-refractivity contribution in [3.63, 3.8) is 0 Å². The van der Waals surface area contributed by atoms with Crippen LogP contribution in [0.25, 0.3) is 0 Å². The van der Waals surface area contributed by atoms with E-state index < -0.39 is 6.17 Å². The van der Waals surface area contributed by atoms with Crippen molar-refractivity contribution >= 4 is 0 Å². The predicted octanol–water partition coefficient (Wildman–Crippen LogP) is 3.14. The van der Waals surface area contributed by atoms with Gasteiger partial charge in [0.15, 0.2) is 0 Å². The minimum absolute atomic E-state index is 0.439. The number of hydrogen-bond acceptors (Lipinski definition) is 0. The van der Waals surface area contributed by atoms with Gasteiger partial charge in [-0.25, -0.2) is 4.39 Å². The fourth-order valence-electron chi connectivity index (χ4n) is 1.13. The molecule has 0 amide bonds. The lowest BCUT2D eigenvalue weighted by Gasteiger charge is -2.04. The Labute approximate surface area is 72.7 Å². The zero-order chi connectivity index (χ0) is 8.81. The van der Waals surface area contributed by atoms with Crippen molar-refractivity contribution in [2.45, 2.75) is 19.0 Å². The molecule has 0 nitrogen and oxygen atoms in total. The molecule has 0 saturated heterocycles. The molecule has 0 fully saturated rings. The summed E-state index contributed by atoms with van der Waals surface area (Å²) in [7, 11) is 0. The van der Waals surface area contributed by atoms with Crippen molar-refractivity contribution in [1.82, 2.24) is 0 Å². The van der Waals surface area contributed by atoms with Gasteiger partial charge in [0, 0.05) is 6.42 Å². The van der Waals surface area contributed by atoms with Gasteiger partial charge < -0.3 is 0 Å². The van der Waals surface area contributed by atoms with E-state index in [0.717, 1.165) is 5.56 Å². The predicted molar refractivity (Wildman–Crippen MR) is 49.9 cm³/mol. The van der Waals surface area contributed by atoms with E-state index in [4.69, 9.17) is 0 Å². The van der Waals surface area contributed by atoms with Crippen LogP contribution in [-0.4, -0.2) is 6.17 Å². The molecule has 0 spiro atoms. The van der Waals surface area contributed by atoms with E-state index in [9.17, 15) is 4.39 Å². The van der Waals surface area contributed by atoms with Crippen LogP contribution in [0.2, 0.25) is 0 Å². The van der Waals surface area contributed by atoms with Crippen molar-refractivity contribution in [3.05, 3.63) is 48.6 Å². The van der Waals surface area contributed by atoms with Crippen molar-refractivity contribution in [3.8, 4) is 0 Å². The molecule has 0 heterocycles. The van der Waals surface area contributed by atoms with Crippen LogP contribution >= 0.6 is 0 Å². The second-order valence-electron chi connectivity index (χ2n) is 2.81. The first-order valence-corrected chi connectivity index (χ1v) is 4.12. The Morgan fingerprint density at radius 2 is 2.00 bits per heavy atom. The lowest BCUT2D eigenvalue weighted by atomic mass is 10.1. The lowest BCUT2D eigenvalue weighted by molar-refractivity contribution is 0.335. The quantitative estimate of drug-likeness (QED) is 0.600. The van der Waals surface area contributed by atoms with Crippen molar-refractivity contribution in [2.24, 2.45) is 0 Å². The van der Waals surface area contributed by atoms with E-state index in [1.54, 1.807) is 6.08 Å². The van der Waals surface area contributed by atoms with Gasteiger partial charge in [0.2, 0.25) is 0 Å². The van der Waals surface area contributed by atoms with E-state index in [1.165, 1.54) is 0 Å². The molecule has 1 aromatic carbocycles. The maximum Gasteiger partial charge on any atom is 0.108 e. The molecule has 0 aromatic heterocycles. The monoisotopic (exact) mass is 164 g/mol. The Kier molecular flexibility index (Phi) is 3.52. The number of hydrogen-bond donors (Lipinski definition) is 0. The fourth-order valence-corrected chi connectivity index (χ4v) is 1.13. The van der Waals surface area contributed by atoms with Gasteiger partial charge in [-0.3, -0.25) is 0 Å². The lowest BCUT2D eigenvalue weighted by Crippen LogP contribution is -2.02. The molecule has 0 aliphatic carbocycles. The molecular weight excluding hydrogens is 151 g/mol. The topological polar surface area (TPSA) is 0 Å². The summed E-state index contributed by atoms with van der Waals surface area (Å²) < 4.78 is 13.0. The molecule has 1 unspecified atom stereocenters. The van der Waals surface area contributed by atoms with Gasteiger partial charge in [-0.15, -0.1) is 6.58 Å². The van der Waals surface area contributed by atoms with Crippen LogP contribution < -0.4 is 0 Å². The van der Waals surface area contributed by atoms with Gasteiger partial charge in [-0.1, -0.05) is 36.4 Å². The molecule has 12 heavy (non-hydrogen) atoms. The summed E-state index contributed by atoms with van der Waals surface area (Å²) in [6, 6.07) is 9.67. The Balaban J connectivity index is 2.46. The fraction of sp³-hybridized carbons (Fsp3) is 0.273. The highest BCUT2D eigenvalue weighted by Gasteiger charge is 2.03. The molecule has 1 atom stereocenters. The van der Waals surface area contributed by atoms with Gasteiger partial charge in [-0.05, 0) is 12.0 Å². The van der Waals surface area contributed by atoms with E-state index in [1.807, 2.05) is 30.3 Å². The molecule has 0 aliphatic heterocycles. The van der Waals surface area contributed by atoms with Crippen LogP contribution in [-0.2, 0) is 6.42 Å². The van der Waals surface area contributed by atoms with Gasteiger partial charge in [-0.2, -0.15) is 0 Å². The first-order chi connectivity index (χ1) is 5.83. The molecule has 0 saturated carbocycles. The third kappa shape index (κ3) is 2.87. The molecule has 0 N–H and O–H groups in total. The van der Waals surface area contributed by atoms with Crippen LogP contribution in [0.5, 0.6) is 0 Å². The highest BCUT2D eigenvalue weighted by molar-refractivity contribution is 5.15. The molecule has 64 valence electrons. The number of alkyl halides is 1. The number of benzene rings is 1. The molecule has 0 aliphatic rings. The second-order valence-corrected chi connectivity index (χ2v) is 2.81. The summed E-state index contributed by atoms with van der Waals surface area (Å²) in [5.41, 5.74) is 1.05. The van der Waals surface area contributed by atoms with E-state index in [0.29, 0.717) is 12.8 Å². The van der Waals surface area contributed by atoms with Crippen LogP contribution in [0.3, 0.4) is 0 Å². The molecular formula is C11H13F. The Hall–Kier alpha value is -1.11. The average molecular weight is 164 g/mol. The summed E-state index contributed by atoms with van der Waals surface area (Å²) in [6.07, 6.45) is 1.76. The highest BCUT2D eigenvalue weighted by Crippen LogP contribution is 2.08. The molecule has 1 heteroatoms. The van der Waals surface area contributed by atoms with Crippen LogP contribution in [0, 0.1) is 0 Å². The molecule has 0 bridgehead atoms. The SMILES string of the molecule is C=CCC(F)Cc1ccccc1. The smallest absolute Gasteiger partial charge is 0.108 e. The maximum absolute atomic E-state index is 13.0. The summed E-state index contributed by atoms with van der Waals surface area (Å²) >= 11 is 0. The minimum atomic E-state index is -0.787. The van der Waals surface area contributed by atoms with Crippen LogP contribution in [0.1, 0.15) is 12.0 Å². The van der Waals surface area contributed by atoms with E-state index >= 15 is 0 Å². The molecule has 1 aromatic rings. The second kappa shape index (κ2) is 4.70. The van der Waals surface area contributed by atoms with Gasteiger partial charge in [0.05, 0.1) is 0 Å². The summed E-state index contributed by atoms with van der Waals surface area (Å²) in [6.45, 7) is 3.50. The number of rotatable bonds is 4. The third-order valence-corrected chi connectivity index (χ3v) is 1.72. The standard InChI is InChI=1S/C11H13F/c1-2-6-11(12)9-10-7-4-3-5-8-10/h2-5,7-8,11H,1,6,9H2. The summed E-state index contributed by atoms with van der Waals surface area (Å²) in [5, 5.41) is 0. The Morgan fingerprint density at radius 3 is 2.58 bits per heavy atom.